The summed E-state index contributed by atoms with van der Waals surface area (Å²) in [6, 6.07) is 7.65. The molecule has 3 atom stereocenters. The molecule has 1 fully saturated rings. The maximum atomic E-state index is 11.1. The highest BCUT2D eigenvalue weighted by atomic mass is 16.5. The fourth-order valence-electron chi connectivity index (χ4n) is 2.83. The van der Waals surface area contributed by atoms with Crippen molar-refractivity contribution in [2.75, 3.05) is 7.11 Å². The van der Waals surface area contributed by atoms with Crippen LogP contribution in [0, 0.1) is 5.92 Å². The number of rotatable bonds is 3. The second kappa shape index (κ2) is 5.15. The van der Waals surface area contributed by atoms with Crippen LogP contribution in [0.2, 0.25) is 0 Å². The standard InChI is InChI=1S/C15H17NO4/c1-19-11-4-2-3-9(7-11)14-16-12-6-5-10(15(17)18)8-13(12)20-14/h2-4,7,10,12-13H,5-6,8H2,1H3,(H,17,18). The van der Waals surface area contributed by atoms with Crippen LogP contribution < -0.4 is 4.74 Å². The van der Waals surface area contributed by atoms with Gasteiger partial charge in [0.1, 0.15) is 11.9 Å². The summed E-state index contributed by atoms with van der Waals surface area (Å²) in [6.45, 7) is 0. The van der Waals surface area contributed by atoms with E-state index in [1.165, 1.54) is 0 Å². The summed E-state index contributed by atoms with van der Waals surface area (Å²) < 4.78 is 11.1. The third kappa shape index (κ3) is 2.35. The Balaban J connectivity index is 1.76. The Hall–Kier alpha value is -2.04. The summed E-state index contributed by atoms with van der Waals surface area (Å²) in [4.78, 5) is 15.7. The van der Waals surface area contributed by atoms with Crippen molar-refractivity contribution in [3.63, 3.8) is 0 Å². The van der Waals surface area contributed by atoms with Crippen LogP contribution in [-0.2, 0) is 9.53 Å². The molecule has 0 bridgehead atoms. The molecule has 20 heavy (non-hydrogen) atoms. The Morgan fingerprint density at radius 1 is 1.45 bits per heavy atom. The monoisotopic (exact) mass is 275 g/mol. The van der Waals surface area contributed by atoms with Crippen LogP contribution in [0.3, 0.4) is 0 Å². The summed E-state index contributed by atoms with van der Waals surface area (Å²) in [7, 11) is 1.62. The van der Waals surface area contributed by atoms with Gasteiger partial charge < -0.3 is 14.6 Å². The molecule has 3 unspecified atom stereocenters. The van der Waals surface area contributed by atoms with Gasteiger partial charge in [-0.1, -0.05) is 6.07 Å². The van der Waals surface area contributed by atoms with Crippen LogP contribution in [0.4, 0.5) is 0 Å². The number of fused-ring (bicyclic) bond motifs is 1. The lowest BCUT2D eigenvalue weighted by Gasteiger charge is -2.26. The summed E-state index contributed by atoms with van der Waals surface area (Å²) in [5.41, 5.74) is 0.880. The number of aliphatic carboxylic acids is 1. The van der Waals surface area contributed by atoms with E-state index in [1.807, 2.05) is 24.3 Å². The lowest BCUT2D eigenvalue weighted by atomic mass is 9.84. The number of carbonyl (C=O) groups is 1. The quantitative estimate of drug-likeness (QED) is 0.917. The van der Waals surface area contributed by atoms with Crippen molar-refractivity contribution < 1.29 is 19.4 Å². The Morgan fingerprint density at radius 2 is 2.30 bits per heavy atom. The smallest absolute Gasteiger partial charge is 0.306 e. The van der Waals surface area contributed by atoms with Crippen molar-refractivity contribution in [1.29, 1.82) is 0 Å². The maximum Gasteiger partial charge on any atom is 0.306 e. The Kier molecular flexibility index (Phi) is 3.34. The van der Waals surface area contributed by atoms with Crippen LogP contribution in [0.25, 0.3) is 0 Å². The number of benzene rings is 1. The first-order valence-corrected chi connectivity index (χ1v) is 6.79. The molecule has 1 aliphatic heterocycles. The van der Waals surface area contributed by atoms with Crippen LogP contribution in [0.1, 0.15) is 24.8 Å². The summed E-state index contributed by atoms with van der Waals surface area (Å²) in [5, 5.41) is 9.10. The normalized spacial score (nSPS) is 28.2. The predicted molar refractivity (Wildman–Crippen MR) is 73.2 cm³/mol. The van der Waals surface area contributed by atoms with Gasteiger partial charge in [-0.2, -0.15) is 0 Å². The molecule has 1 heterocycles. The van der Waals surface area contributed by atoms with Gasteiger partial charge in [0.15, 0.2) is 0 Å². The van der Waals surface area contributed by atoms with Gasteiger partial charge in [-0.3, -0.25) is 4.79 Å². The van der Waals surface area contributed by atoms with Gasteiger partial charge in [0.05, 0.1) is 19.1 Å². The van der Waals surface area contributed by atoms with Crippen molar-refractivity contribution in [3.8, 4) is 5.75 Å². The van der Waals surface area contributed by atoms with E-state index in [-0.39, 0.29) is 18.1 Å². The highest BCUT2D eigenvalue weighted by Gasteiger charge is 2.39. The van der Waals surface area contributed by atoms with Crippen LogP contribution in [0.15, 0.2) is 29.3 Å². The van der Waals surface area contributed by atoms with Gasteiger partial charge in [-0.15, -0.1) is 0 Å². The van der Waals surface area contributed by atoms with E-state index in [9.17, 15) is 4.79 Å². The maximum absolute atomic E-state index is 11.1. The molecule has 0 spiro atoms. The van der Waals surface area contributed by atoms with E-state index in [0.717, 1.165) is 17.7 Å². The van der Waals surface area contributed by atoms with Crippen molar-refractivity contribution in [3.05, 3.63) is 29.8 Å². The summed E-state index contributed by atoms with van der Waals surface area (Å²) >= 11 is 0. The summed E-state index contributed by atoms with van der Waals surface area (Å²) in [6.07, 6.45) is 1.88. The molecule has 1 aliphatic carbocycles. The number of hydrogen-bond donors (Lipinski definition) is 1. The lowest BCUT2D eigenvalue weighted by Crippen LogP contribution is -2.34. The Labute approximate surface area is 117 Å². The molecule has 0 saturated heterocycles. The average molecular weight is 275 g/mol. The zero-order chi connectivity index (χ0) is 14.1. The number of aliphatic imine (C=N–C) groups is 1. The Morgan fingerprint density at radius 3 is 3.05 bits per heavy atom. The van der Waals surface area contributed by atoms with Crippen molar-refractivity contribution >= 4 is 11.9 Å². The van der Waals surface area contributed by atoms with Crippen LogP contribution in [0.5, 0.6) is 5.75 Å². The Bertz CT molecular complexity index is 555. The molecular weight excluding hydrogens is 258 g/mol. The van der Waals surface area contributed by atoms with Gasteiger partial charge in [-0.05, 0) is 37.5 Å². The third-order valence-corrected chi connectivity index (χ3v) is 3.97. The largest absolute Gasteiger partial charge is 0.497 e. The number of ether oxygens (including phenoxy) is 2. The molecule has 2 aliphatic rings. The van der Waals surface area contributed by atoms with Crippen LogP contribution >= 0.6 is 0 Å². The molecular formula is C15H17NO4. The molecule has 3 rings (SSSR count). The predicted octanol–water partition coefficient (Wildman–Crippen LogP) is 2.09. The van der Waals surface area contributed by atoms with E-state index in [2.05, 4.69) is 4.99 Å². The molecule has 106 valence electrons. The molecule has 5 nitrogen and oxygen atoms in total. The highest BCUT2D eigenvalue weighted by molar-refractivity contribution is 5.95. The van der Waals surface area contributed by atoms with Gasteiger partial charge in [0.2, 0.25) is 5.90 Å². The molecule has 1 saturated carbocycles. The topological polar surface area (TPSA) is 68.1 Å². The van der Waals surface area contributed by atoms with Gasteiger partial charge in [0.25, 0.3) is 0 Å². The van der Waals surface area contributed by atoms with E-state index in [1.54, 1.807) is 7.11 Å². The first-order chi connectivity index (χ1) is 9.67. The number of methoxy groups -OCH3 is 1. The zero-order valence-corrected chi connectivity index (χ0v) is 11.3. The first kappa shape index (κ1) is 13.0. The van der Waals surface area contributed by atoms with E-state index >= 15 is 0 Å². The minimum absolute atomic E-state index is 0.0896. The lowest BCUT2D eigenvalue weighted by molar-refractivity contribution is -0.143. The average Bonchev–Trinajstić information content (AvgIpc) is 2.90. The van der Waals surface area contributed by atoms with Crippen molar-refractivity contribution in [1.82, 2.24) is 0 Å². The molecule has 0 aromatic heterocycles. The van der Waals surface area contributed by atoms with E-state index in [4.69, 9.17) is 14.6 Å². The fourth-order valence-corrected chi connectivity index (χ4v) is 2.83. The molecule has 1 N–H and O–H groups in total. The number of carboxylic acids is 1. The number of carboxylic acid groups (broad SMARTS) is 1. The number of nitrogens with zero attached hydrogens (tertiary/aromatic N) is 1. The van der Waals surface area contributed by atoms with Crippen LogP contribution in [-0.4, -0.2) is 36.2 Å². The highest BCUT2D eigenvalue weighted by Crippen LogP contribution is 2.34. The molecule has 5 heteroatoms. The SMILES string of the molecule is COc1cccc(C2=NC3CCC(C(=O)O)CC3O2)c1. The minimum Gasteiger partial charge on any atom is -0.497 e. The molecule has 1 aromatic carbocycles. The van der Waals surface area contributed by atoms with Crippen molar-refractivity contribution in [2.24, 2.45) is 10.9 Å². The second-order valence-electron chi connectivity index (χ2n) is 5.24. The molecule has 1 aromatic rings. The number of hydrogen-bond acceptors (Lipinski definition) is 4. The molecule has 0 amide bonds. The third-order valence-electron chi connectivity index (χ3n) is 3.97. The zero-order valence-electron chi connectivity index (χ0n) is 11.3. The van der Waals surface area contributed by atoms with E-state index < -0.39 is 5.97 Å². The van der Waals surface area contributed by atoms with Crippen molar-refractivity contribution in [2.45, 2.75) is 31.4 Å². The molecule has 0 radical (unpaired) electrons. The fraction of sp³-hybridized carbons (Fsp3) is 0.467. The minimum atomic E-state index is -0.734. The van der Waals surface area contributed by atoms with Gasteiger partial charge in [-0.25, -0.2) is 4.99 Å². The van der Waals surface area contributed by atoms with E-state index in [0.29, 0.717) is 18.7 Å². The van der Waals surface area contributed by atoms with Gasteiger partial charge in [0, 0.05) is 5.56 Å². The first-order valence-electron chi connectivity index (χ1n) is 6.79. The summed E-state index contributed by atoms with van der Waals surface area (Å²) in [5.74, 6) is 0.315. The second-order valence-corrected chi connectivity index (χ2v) is 5.24. The van der Waals surface area contributed by atoms with Gasteiger partial charge >= 0.3 is 5.97 Å².